The van der Waals surface area contributed by atoms with Crippen molar-refractivity contribution in [3.05, 3.63) is 58.2 Å². The number of hydrogen-bond donors (Lipinski definition) is 1. The van der Waals surface area contributed by atoms with E-state index >= 15 is 0 Å². The van der Waals surface area contributed by atoms with E-state index in [0.29, 0.717) is 23.3 Å². The van der Waals surface area contributed by atoms with Crippen LogP contribution in [-0.4, -0.2) is 21.8 Å². The number of aryl methyl sites for hydroxylation is 1. The first-order valence-electron chi connectivity index (χ1n) is 8.50. The first kappa shape index (κ1) is 17.7. The van der Waals surface area contributed by atoms with Gasteiger partial charge in [0, 0.05) is 42.4 Å². The van der Waals surface area contributed by atoms with Crippen LogP contribution in [0, 0.1) is 0 Å². The highest BCUT2D eigenvalue weighted by atomic mass is 16.5. The topological polar surface area (TPSA) is 86.4 Å². The van der Waals surface area contributed by atoms with Crippen molar-refractivity contribution in [3.63, 3.8) is 0 Å². The third kappa shape index (κ3) is 3.93. The Balaban J connectivity index is 1.85. The van der Waals surface area contributed by atoms with Crippen LogP contribution in [0.4, 0.5) is 0 Å². The average molecular weight is 355 g/mol. The third-order valence-electron chi connectivity index (χ3n) is 3.80. The van der Waals surface area contributed by atoms with Gasteiger partial charge in [-0.3, -0.25) is 9.48 Å². The van der Waals surface area contributed by atoms with E-state index < -0.39 is 5.63 Å². The zero-order chi connectivity index (χ0) is 18.7. The van der Waals surface area contributed by atoms with Crippen LogP contribution in [0.2, 0.25) is 0 Å². The Morgan fingerprint density at radius 3 is 2.85 bits per heavy atom. The van der Waals surface area contributed by atoms with Gasteiger partial charge in [-0.05, 0) is 32.9 Å². The normalized spacial score (nSPS) is 11.1. The number of carbonyl (C=O) groups excluding carboxylic acids is 1. The van der Waals surface area contributed by atoms with Gasteiger partial charge >= 0.3 is 5.63 Å². The van der Waals surface area contributed by atoms with Crippen molar-refractivity contribution in [1.82, 2.24) is 15.1 Å². The van der Waals surface area contributed by atoms with E-state index in [1.165, 1.54) is 6.07 Å². The summed E-state index contributed by atoms with van der Waals surface area (Å²) < 4.78 is 12.6. The van der Waals surface area contributed by atoms with Crippen molar-refractivity contribution in [2.75, 3.05) is 0 Å². The summed E-state index contributed by atoms with van der Waals surface area (Å²) in [5.41, 5.74) is 0.901. The van der Waals surface area contributed by atoms with E-state index in [-0.39, 0.29) is 17.6 Å². The maximum absolute atomic E-state index is 12.6. The standard InChI is InChI=1S/C19H21N3O4/c1-4-22-11-13(10-21-22)9-20-19(24)16-8-18(23)26-17-7-14(25-12(2)3)5-6-15(16)17/h5-8,10-12H,4,9H2,1-3H3,(H,20,24). The molecule has 0 bridgehead atoms. The molecule has 1 amide bonds. The Bertz CT molecular complexity index is 988. The van der Waals surface area contributed by atoms with Crippen LogP contribution in [0.15, 0.2) is 45.9 Å². The highest BCUT2D eigenvalue weighted by Crippen LogP contribution is 2.23. The molecule has 3 rings (SSSR count). The predicted octanol–water partition coefficient (Wildman–Crippen LogP) is 2.73. The smallest absolute Gasteiger partial charge is 0.337 e. The van der Waals surface area contributed by atoms with Gasteiger partial charge in [0.15, 0.2) is 0 Å². The van der Waals surface area contributed by atoms with Crippen molar-refractivity contribution < 1.29 is 13.9 Å². The highest BCUT2D eigenvalue weighted by molar-refractivity contribution is 6.05. The maximum Gasteiger partial charge on any atom is 0.337 e. The van der Waals surface area contributed by atoms with Gasteiger partial charge < -0.3 is 14.5 Å². The number of nitrogens with one attached hydrogen (secondary N) is 1. The molecule has 7 heteroatoms. The number of hydrogen-bond acceptors (Lipinski definition) is 5. The minimum Gasteiger partial charge on any atom is -0.491 e. The molecule has 0 saturated carbocycles. The number of fused-ring (bicyclic) bond motifs is 1. The van der Waals surface area contributed by atoms with Crippen molar-refractivity contribution in [1.29, 1.82) is 0 Å². The van der Waals surface area contributed by atoms with Crippen LogP contribution in [0.3, 0.4) is 0 Å². The van der Waals surface area contributed by atoms with Gasteiger partial charge in [0.1, 0.15) is 11.3 Å². The molecule has 1 aromatic carbocycles. The molecular formula is C19H21N3O4. The Morgan fingerprint density at radius 1 is 1.35 bits per heavy atom. The molecule has 26 heavy (non-hydrogen) atoms. The second-order valence-corrected chi connectivity index (χ2v) is 6.19. The maximum atomic E-state index is 12.6. The zero-order valence-corrected chi connectivity index (χ0v) is 15.0. The van der Waals surface area contributed by atoms with E-state index in [9.17, 15) is 9.59 Å². The average Bonchev–Trinajstić information content (AvgIpc) is 3.06. The molecule has 0 spiro atoms. The lowest BCUT2D eigenvalue weighted by molar-refractivity contribution is 0.0952. The molecule has 0 radical (unpaired) electrons. The third-order valence-corrected chi connectivity index (χ3v) is 3.80. The lowest BCUT2D eigenvalue weighted by Crippen LogP contribution is -2.24. The fraction of sp³-hybridized carbons (Fsp3) is 0.316. The molecule has 0 aliphatic heterocycles. The summed E-state index contributed by atoms with van der Waals surface area (Å²) in [7, 11) is 0. The Labute approximate surface area is 150 Å². The van der Waals surface area contributed by atoms with E-state index in [2.05, 4.69) is 10.4 Å². The molecule has 1 N–H and O–H groups in total. The Morgan fingerprint density at radius 2 is 2.15 bits per heavy atom. The van der Waals surface area contributed by atoms with E-state index in [1.54, 1.807) is 29.1 Å². The first-order valence-corrected chi connectivity index (χ1v) is 8.50. The first-order chi connectivity index (χ1) is 12.5. The van der Waals surface area contributed by atoms with Gasteiger partial charge in [0.25, 0.3) is 5.91 Å². The van der Waals surface area contributed by atoms with Crippen LogP contribution >= 0.6 is 0 Å². The minimum absolute atomic E-state index is 0.00492. The van der Waals surface area contributed by atoms with E-state index in [0.717, 1.165) is 12.1 Å². The SMILES string of the molecule is CCn1cc(CNC(=O)c2cc(=O)oc3cc(OC(C)C)ccc23)cn1. The number of nitrogens with zero attached hydrogens (tertiary/aromatic N) is 2. The van der Waals surface area contributed by atoms with Crippen LogP contribution in [0.25, 0.3) is 11.0 Å². The Hall–Kier alpha value is -3.09. The van der Waals surface area contributed by atoms with Crippen molar-refractivity contribution in [2.45, 2.75) is 40.0 Å². The predicted molar refractivity (Wildman–Crippen MR) is 97.3 cm³/mol. The summed E-state index contributed by atoms with van der Waals surface area (Å²) in [6.45, 7) is 6.89. The molecule has 0 aliphatic carbocycles. The lowest BCUT2D eigenvalue weighted by Gasteiger charge is -2.11. The van der Waals surface area contributed by atoms with Gasteiger partial charge in [0.05, 0.1) is 17.9 Å². The number of rotatable bonds is 6. The molecule has 2 aromatic heterocycles. The number of ether oxygens (including phenoxy) is 1. The fourth-order valence-electron chi connectivity index (χ4n) is 2.62. The quantitative estimate of drug-likeness (QED) is 0.687. The van der Waals surface area contributed by atoms with Crippen LogP contribution in [0.5, 0.6) is 5.75 Å². The second kappa shape index (κ2) is 7.43. The number of benzene rings is 1. The summed E-state index contributed by atoms with van der Waals surface area (Å²) in [4.78, 5) is 24.4. The fourth-order valence-corrected chi connectivity index (χ4v) is 2.62. The van der Waals surface area contributed by atoms with Gasteiger partial charge in [-0.1, -0.05) is 0 Å². The molecule has 0 aliphatic rings. The summed E-state index contributed by atoms with van der Waals surface area (Å²) in [5, 5.41) is 7.54. The summed E-state index contributed by atoms with van der Waals surface area (Å²) >= 11 is 0. The highest BCUT2D eigenvalue weighted by Gasteiger charge is 2.14. The van der Waals surface area contributed by atoms with E-state index in [4.69, 9.17) is 9.15 Å². The van der Waals surface area contributed by atoms with Crippen molar-refractivity contribution in [3.8, 4) is 5.75 Å². The molecule has 2 heterocycles. The van der Waals surface area contributed by atoms with Gasteiger partial charge in [-0.15, -0.1) is 0 Å². The molecule has 0 saturated heterocycles. The van der Waals surface area contributed by atoms with Crippen LogP contribution in [-0.2, 0) is 13.1 Å². The largest absolute Gasteiger partial charge is 0.491 e. The minimum atomic E-state index is -0.580. The Kier molecular flexibility index (Phi) is 5.06. The molecule has 7 nitrogen and oxygen atoms in total. The van der Waals surface area contributed by atoms with Crippen LogP contribution < -0.4 is 15.7 Å². The van der Waals surface area contributed by atoms with Crippen molar-refractivity contribution >= 4 is 16.9 Å². The number of carbonyl (C=O) groups is 1. The van der Waals surface area contributed by atoms with Crippen LogP contribution in [0.1, 0.15) is 36.7 Å². The number of aromatic nitrogens is 2. The monoisotopic (exact) mass is 355 g/mol. The van der Waals surface area contributed by atoms with Gasteiger partial charge in [-0.25, -0.2) is 4.79 Å². The van der Waals surface area contributed by atoms with Gasteiger partial charge in [0.2, 0.25) is 0 Å². The molecule has 136 valence electrons. The van der Waals surface area contributed by atoms with E-state index in [1.807, 2.05) is 27.0 Å². The molecule has 3 aromatic rings. The summed E-state index contributed by atoms with van der Waals surface area (Å²) in [6.07, 6.45) is 3.57. The zero-order valence-electron chi connectivity index (χ0n) is 15.0. The molecular weight excluding hydrogens is 334 g/mol. The molecule has 0 unspecified atom stereocenters. The molecule has 0 fully saturated rings. The summed E-state index contributed by atoms with van der Waals surface area (Å²) in [6, 6.07) is 6.30. The van der Waals surface area contributed by atoms with Gasteiger partial charge in [-0.2, -0.15) is 5.10 Å². The number of amides is 1. The van der Waals surface area contributed by atoms with Crippen molar-refractivity contribution in [2.24, 2.45) is 0 Å². The molecule has 0 atom stereocenters. The second-order valence-electron chi connectivity index (χ2n) is 6.19. The lowest BCUT2D eigenvalue weighted by atomic mass is 10.1. The summed E-state index contributed by atoms with van der Waals surface area (Å²) in [5.74, 6) is 0.241.